The Morgan fingerprint density at radius 1 is 1.29 bits per heavy atom. The molecule has 0 aromatic heterocycles. The Bertz CT molecular complexity index is 458. The molecular weight excluding hydrogens is 285 g/mol. The third-order valence-electron chi connectivity index (χ3n) is 2.59. The largest absolute Gasteiger partial charge is 0.484 e. The maximum Gasteiger partial charge on any atom is 0.422 e. The molecule has 0 aliphatic carbocycles. The first-order valence-corrected chi connectivity index (χ1v) is 6.53. The zero-order valence-electron chi connectivity index (χ0n) is 11.9. The molecule has 1 atom stereocenters. The number of carbonyl (C=O) groups is 1. The van der Waals surface area contributed by atoms with Crippen molar-refractivity contribution in [2.24, 2.45) is 11.7 Å². The van der Waals surface area contributed by atoms with Gasteiger partial charge in [0.05, 0.1) is 6.04 Å². The van der Waals surface area contributed by atoms with E-state index in [-0.39, 0.29) is 11.7 Å². The van der Waals surface area contributed by atoms with Crippen molar-refractivity contribution in [3.05, 3.63) is 24.3 Å². The summed E-state index contributed by atoms with van der Waals surface area (Å²) in [4.78, 5) is 11.8. The second kappa shape index (κ2) is 7.31. The molecule has 1 amide bonds. The molecule has 21 heavy (non-hydrogen) atoms. The van der Waals surface area contributed by atoms with Gasteiger partial charge in [-0.25, -0.2) is 0 Å². The van der Waals surface area contributed by atoms with Crippen molar-refractivity contribution in [3.8, 4) is 5.75 Å². The van der Waals surface area contributed by atoms with Crippen molar-refractivity contribution in [2.45, 2.75) is 32.5 Å². The monoisotopic (exact) mass is 304 g/mol. The van der Waals surface area contributed by atoms with E-state index in [2.05, 4.69) is 10.1 Å². The average Bonchev–Trinajstić information content (AvgIpc) is 2.36. The van der Waals surface area contributed by atoms with Crippen LogP contribution in [0.1, 0.15) is 20.3 Å². The second-order valence-electron chi connectivity index (χ2n) is 5.15. The lowest BCUT2D eigenvalue weighted by Crippen LogP contribution is -2.36. The fourth-order valence-electron chi connectivity index (χ4n) is 1.65. The smallest absolute Gasteiger partial charge is 0.422 e. The minimum Gasteiger partial charge on any atom is -0.484 e. The summed E-state index contributed by atoms with van der Waals surface area (Å²) in [7, 11) is 0. The topological polar surface area (TPSA) is 64.4 Å². The van der Waals surface area contributed by atoms with Crippen molar-refractivity contribution in [3.63, 3.8) is 0 Å². The van der Waals surface area contributed by atoms with E-state index >= 15 is 0 Å². The van der Waals surface area contributed by atoms with Gasteiger partial charge in [0.2, 0.25) is 5.91 Å². The normalized spacial score (nSPS) is 13.1. The van der Waals surface area contributed by atoms with Crippen LogP contribution in [0.5, 0.6) is 5.75 Å². The van der Waals surface area contributed by atoms with E-state index in [0.717, 1.165) is 0 Å². The molecule has 0 radical (unpaired) electrons. The Morgan fingerprint density at radius 3 is 2.33 bits per heavy atom. The number of hydrogen-bond donors (Lipinski definition) is 2. The van der Waals surface area contributed by atoms with Gasteiger partial charge in [-0.3, -0.25) is 4.79 Å². The van der Waals surface area contributed by atoms with Gasteiger partial charge in [-0.1, -0.05) is 13.8 Å². The number of benzene rings is 1. The Kier molecular flexibility index (Phi) is 6.02. The van der Waals surface area contributed by atoms with Crippen LogP contribution >= 0.6 is 0 Å². The Hall–Kier alpha value is -1.76. The fourth-order valence-corrected chi connectivity index (χ4v) is 1.65. The molecule has 118 valence electrons. The summed E-state index contributed by atoms with van der Waals surface area (Å²) >= 11 is 0. The first kappa shape index (κ1) is 17.3. The van der Waals surface area contributed by atoms with Crippen LogP contribution in [0.2, 0.25) is 0 Å². The molecule has 1 aromatic carbocycles. The quantitative estimate of drug-likeness (QED) is 0.849. The van der Waals surface area contributed by atoms with E-state index in [1.807, 2.05) is 13.8 Å². The molecule has 0 bridgehead atoms. The predicted octanol–water partition coefficient (Wildman–Crippen LogP) is 2.94. The Balaban J connectivity index is 2.52. The summed E-state index contributed by atoms with van der Waals surface area (Å²) in [6.07, 6.45) is -3.82. The molecule has 0 fully saturated rings. The van der Waals surface area contributed by atoms with Crippen LogP contribution in [0.15, 0.2) is 24.3 Å². The lowest BCUT2D eigenvalue weighted by atomic mass is 10.0. The van der Waals surface area contributed by atoms with Gasteiger partial charge in [0.1, 0.15) is 5.75 Å². The molecule has 0 unspecified atom stereocenters. The number of halogens is 3. The highest BCUT2D eigenvalue weighted by molar-refractivity contribution is 5.94. The lowest BCUT2D eigenvalue weighted by molar-refractivity contribution is -0.153. The van der Waals surface area contributed by atoms with Gasteiger partial charge >= 0.3 is 6.18 Å². The maximum atomic E-state index is 12.0. The Morgan fingerprint density at radius 2 is 1.86 bits per heavy atom. The number of nitrogens with two attached hydrogens (primary N) is 1. The lowest BCUT2D eigenvalue weighted by Gasteiger charge is -2.14. The number of ether oxygens (including phenoxy) is 1. The molecule has 0 aliphatic rings. The van der Waals surface area contributed by atoms with Crippen molar-refractivity contribution < 1.29 is 22.7 Å². The van der Waals surface area contributed by atoms with Crippen LogP contribution in [0.25, 0.3) is 0 Å². The fraction of sp³-hybridized carbons (Fsp3) is 0.500. The molecule has 1 aromatic rings. The molecule has 3 N–H and O–H groups in total. The molecule has 0 aliphatic heterocycles. The molecule has 0 spiro atoms. The number of amides is 1. The highest BCUT2D eigenvalue weighted by Gasteiger charge is 2.28. The van der Waals surface area contributed by atoms with E-state index in [1.54, 1.807) is 0 Å². The summed E-state index contributed by atoms with van der Waals surface area (Å²) < 4.78 is 40.5. The molecule has 0 heterocycles. The average molecular weight is 304 g/mol. The molecule has 4 nitrogen and oxygen atoms in total. The zero-order chi connectivity index (χ0) is 16.0. The number of alkyl halides is 3. The van der Waals surface area contributed by atoms with E-state index in [4.69, 9.17) is 5.73 Å². The van der Waals surface area contributed by atoms with Crippen LogP contribution in [-0.4, -0.2) is 24.7 Å². The summed E-state index contributed by atoms with van der Waals surface area (Å²) in [5, 5.41) is 2.60. The van der Waals surface area contributed by atoms with Gasteiger partial charge in [0, 0.05) is 5.69 Å². The minimum absolute atomic E-state index is 0.0804. The number of rotatable bonds is 6. The predicted molar refractivity (Wildman–Crippen MR) is 74.1 cm³/mol. The summed E-state index contributed by atoms with van der Waals surface area (Å²) in [6, 6.07) is 5.02. The zero-order valence-corrected chi connectivity index (χ0v) is 11.9. The number of nitrogens with one attached hydrogen (secondary N) is 1. The first-order chi connectivity index (χ1) is 9.67. The molecule has 7 heteroatoms. The first-order valence-electron chi connectivity index (χ1n) is 6.53. The van der Waals surface area contributed by atoms with Crippen LogP contribution < -0.4 is 15.8 Å². The van der Waals surface area contributed by atoms with Crippen molar-refractivity contribution in [1.29, 1.82) is 0 Å². The van der Waals surface area contributed by atoms with Gasteiger partial charge in [-0.2, -0.15) is 13.2 Å². The van der Waals surface area contributed by atoms with Gasteiger partial charge in [0.15, 0.2) is 6.61 Å². The summed E-state index contributed by atoms with van der Waals surface area (Å²) in [5.41, 5.74) is 6.19. The van der Waals surface area contributed by atoms with Crippen LogP contribution in [0, 0.1) is 5.92 Å². The molecule has 1 rings (SSSR count). The number of anilines is 1. The Labute approximate surface area is 121 Å². The van der Waals surface area contributed by atoms with E-state index in [1.165, 1.54) is 24.3 Å². The molecular formula is C14H19F3N2O2. The van der Waals surface area contributed by atoms with Gasteiger partial charge in [0.25, 0.3) is 0 Å². The third-order valence-corrected chi connectivity index (χ3v) is 2.59. The highest BCUT2D eigenvalue weighted by Crippen LogP contribution is 2.20. The van der Waals surface area contributed by atoms with Crippen LogP contribution in [-0.2, 0) is 4.79 Å². The van der Waals surface area contributed by atoms with Gasteiger partial charge < -0.3 is 15.8 Å². The molecule has 0 saturated heterocycles. The molecule has 0 saturated carbocycles. The standard InChI is InChI=1S/C14H19F3N2O2/c1-9(2)7-12(18)13(20)19-10-3-5-11(6-4-10)21-8-14(15,16)17/h3-6,9,12H,7-8,18H2,1-2H3,(H,19,20)/t12-/m0/s1. The maximum absolute atomic E-state index is 12.0. The summed E-state index contributed by atoms with van der Waals surface area (Å²) in [6.45, 7) is 2.57. The van der Waals surface area contributed by atoms with Gasteiger partial charge in [-0.05, 0) is 36.6 Å². The van der Waals surface area contributed by atoms with Crippen molar-refractivity contribution in [2.75, 3.05) is 11.9 Å². The van der Waals surface area contributed by atoms with E-state index in [0.29, 0.717) is 18.0 Å². The van der Waals surface area contributed by atoms with Crippen molar-refractivity contribution in [1.82, 2.24) is 0 Å². The highest BCUT2D eigenvalue weighted by atomic mass is 19.4. The SMILES string of the molecule is CC(C)C[C@H](N)C(=O)Nc1ccc(OCC(F)(F)F)cc1. The van der Waals surface area contributed by atoms with E-state index in [9.17, 15) is 18.0 Å². The van der Waals surface area contributed by atoms with E-state index < -0.39 is 18.8 Å². The second-order valence-corrected chi connectivity index (χ2v) is 5.15. The van der Waals surface area contributed by atoms with Gasteiger partial charge in [-0.15, -0.1) is 0 Å². The van der Waals surface area contributed by atoms with Crippen LogP contribution in [0.4, 0.5) is 18.9 Å². The summed E-state index contributed by atoms with van der Waals surface area (Å²) in [5.74, 6) is 0.0494. The minimum atomic E-state index is -4.38. The van der Waals surface area contributed by atoms with Crippen LogP contribution in [0.3, 0.4) is 0 Å². The number of hydrogen-bond acceptors (Lipinski definition) is 3. The third kappa shape index (κ3) is 6.99. The number of carbonyl (C=O) groups excluding carboxylic acids is 1. The van der Waals surface area contributed by atoms with Crippen molar-refractivity contribution >= 4 is 11.6 Å².